The van der Waals surface area contributed by atoms with E-state index in [-0.39, 0.29) is 11.3 Å². The minimum atomic E-state index is 0.00215. The van der Waals surface area contributed by atoms with Crippen LogP contribution >= 0.6 is 11.6 Å². The smallest absolute Gasteiger partial charge is 0.133 e. The maximum atomic E-state index is 9.42. The Labute approximate surface area is 86.0 Å². The molecule has 0 aliphatic carbocycles. The highest BCUT2D eigenvalue weighted by Crippen LogP contribution is 2.26. The first kappa shape index (κ1) is 8.86. The van der Waals surface area contributed by atoms with Gasteiger partial charge in [0.05, 0.1) is 5.56 Å². The van der Waals surface area contributed by atoms with Gasteiger partial charge in [-0.05, 0) is 35.0 Å². The Hall–Kier alpha value is -1.72. The number of nitriles is 1. The highest BCUT2D eigenvalue weighted by atomic mass is 35.5. The van der Waals surface area contributed by atoms with Gasteiger partial charge in [-0.3, -0.25) is 0 Å². The summed E-state index contributed by atoms with van der Waals surface area (Å²) in [6.07, 6.45) is 0. The SMILES string of the molecule is N#Cc1cc2cc(Cl)ccc2cc1O. The number of hydrogen-bond donors (Lipinski definition) is 1. The summed E-state index contributed by atoms with van der Waals surface area (Å²) < 4.78 is 0. The average Bonchev–Trinajstić information content (AvgIpc) is 2.17. The van der Waals surface area contributed by atoms with Gasteiger partial charge in [0.25, 0.3) is 0 Å². The molecule has 2 aromatic carbocycles. The Balaban J connectivity index is 2.82. The first-order chi connectivity index (χ1) is 6.70. The summed E-state index contributed by atoms with van der Waals surface area (Å²) in [5.41, 5.74) is 0.264. The predicted octanol–water partition coefficient (Wildman–Crippen LogP) is 3.07. The Morgan fingerprint density at radius 3 is 2.64 bits per heavy atom. The summed E-state index contributed by atoms with van der Waals surface area (Å²) in [5.74, 6) is 0.00215. The van der Waals surface area contributed by atoms with Crippen LogP contribution in [-0.2, 0) is 0 Å². The zero-order valence-electron chi connectivity index (χ0n) is 7.16. The molecule has 1 N–H and O–H groups in total. The van der Waals surface area contributed by atoms with Crippen molar-refractivity contribution >= 4 is 22.4 Å². The normalized spacial score (nSPS) is 10.0. The third-order valence-electron chi connectivity index (χ3n) is 2.04. The van der Waals surface area contributed by atoms with E-state index in [0.29, 0.717) is 5.02 Å². The molecule has 0 heterocycles. The van der Waals surface area contributed by atoms with Gasteiger partial charge in [-0.2, -0.15) is 5.26 Å². The topological polar surface area (TPSA) is 44.0 Å². The lowest BCUT2D eigenvalue weighted by molar-refractivity contribution is 0.474. The van der Waals surface area contributed by atoms with Crippen molar-refractivity contribution in [2.45, 2.75) is 0 Å². The van der Waals surface area contributed by atoms with Crippen LogP contribution in [0.4, 0.5) is 0 Å². The van der Waals surface area contributed by atoms with Gasteiger partial charge >= 0.3 is 0 Å². The van der Waals surface area contributed by atoms with E-state index >= 15 is 0 Å². The molecule has 0 fully saturated rings. The average molecular weight is 204 g/mol. The van der Waals surface area contributed by atoms with Gasteiger partial charge in [0.1, 0.15) is 11.8 Å². The Morgan fingerprint density at radius 2 is 1.93 bits per heavy atom. The number of benzene rings is 2. The van der Waals surface area contributed by atoms with Crippen molar-refractivity contribution in [3.05, 3.63) is 40.9 Å². The van der Waals surface area contributed by atoms with Crippen molar-refractivity contribution < 1.29 is 5.11 Å². The highest BCUT2D eigenvalue weighted by Gasteiger charge is 2.02. The second-order valence-corrected chi connectivity index (χ2v) is 3.41. The molecular formula is C11H6ClNO. The number of halogens is 1. The largest absolute Gasteiger partial charge is 0.507 e. The summed E-state index contributed by atoms with van der Waals surface area (Å²) in [4.78, 5) is 0. The van der Waals surface area contributed by atoms with Crippen LogP contribution in [0.1, 0.15) is 5.56 Å². The molecule has 0 aliphatic heterocycles. The number of rotatable bonds is 0. The van der Waals surface area contributed by atoms with E-state index in [2.05, 4.69) is 0 Å². The van der Waals surface area contributed by atoms with Crippen molar-refractivity contribution in [3.8, 4) is 11.8 Å². The van der Waals surface area contributed by atoms with Gasteiger partial charge in [0.15, 0.2) is 0 Å². The molecule has 2 aromatic rings. The molecule has 0 bridgehead atoms. The minimum absolute atomic E-state index is 0.00215. The molecule has 0 unspecified atom stereocenters. The van der Waals surface area contributed by atoms with Gasteiger partial charge < -0.3 is 5.11 Å². The van der Waals surface area contributed by atoms with E-state index in [9.17, 15) is 5.11 Å². The Kier molecular flexibility index (Phi) is 2.03. The number of aromatic hydroxyl groups is 1. The van der Waals surface area contributed by atoms with Crippen molar-refractivity contribution in [1.82, 2.24) is 0 Å². The lowest BCUT2D eigenvalue weighted by Gasteiger charge is -2.01. The maximum absolute atomic E-state index is 9.42. The first-order valence-corrected chi connectivity index (χ1v) is 4.41. The monoisotopic (exact) mass is 203 g/mol. The standard InChI is InChI=1S/C11H6ClNO/c12-10-2-1-7-5-11(14)9(6-13)3-8(7)4-10/h1-5,14H. The minimum Gasteiger partial charge on any atom is -0.507 e. The fourth-order valence-electron chi connectivity index (χ4n) is 1.35. The molecule has 0 radical (unpaired) electrons. The Morgan fingerprint density at radius 1 is 1.14 bits per heavy atom. The molecule has 0 saturated carbocycles. The summed E-state index contributed by atoms with van der Waals surface area (Å²) >= 11 is 5.81. The number of hydrogen-bond acceptors (Lipinski definition) is 2. The van der Waals surface area contributed by atoms with E-state index in [1.54, 1.807) is 30.3 Å². The number of fused-ring (bicyclic) bond motifs is 1. The first-order valence-electron chi connectivity index (χ1n) is 4.03. The fourth-order valence-corrected chi connectivity index (χ4v) is 1.53. The molecule has 0 aliphatic rings. The second-order valence-electron chi connectivity index (χ2n) is 2.97. The molecule has 0 saturated heterocycles. The van der Waals surface area contributed by atoms with Crippen molar-refractivity contribution in [2.24, 2.45) is 0 Å². The van der Waals surface area contributed by atoms with Gasteiger partial charge in [-0.15, -0.1) is 0 Å². The van der Waals surface area contributed by atoms with Crippen molar-refractivity contribution in [3.63, 3.8) is 0 Å². The van der Waals surface area contributed by atoms with Crippen molar-refractivity contribution in [2.75, 3.05) is 0 Å². The zero-order valence-corrected chi connectivity index (χ0v) is 7.92. The maximum Gasteiger partial charge on any atom is 0.133 e. The number of nitrogens with zero attached hydrogens (tertiary/aromatic N) is 1. The van der Waals surface area contributed by atoms with E-state index < -0.39 is 0 Å². The second kappa shape index (κ2) is 3.21. The number of phenolic OH excluding ortho intramolecular Hbond substituents is 1. The molecule has 68 valence electrons. The van der Waals surface area contributed by atoms with Gasteiger partial charge in [-0.1, -0.05) is 17.7 Å². The molecule has 2 nitrogen and oxygen atoms in total. The van der Waals surface area contributed by atoms with Crippen LogP contribution < -0.4 is 0 Å². The third-order valence-corrected chi connectivity index (χ3v) is 2.27. The quantitative estimate of drug-likeness (QED) is 0.715. The summed E-state index contributed by atoms with van der Waals surface area (Å²) in [6.45, 7) is 0. The van der Waals surface area contributed by atoms with Crippen LogP contribution in [0.15, 0.2) is 30.3 Å². The fraction of sp³-hybridized carbons (Fsp3) is 0. The van der Waals surface area contributed by atoms with Gasteiger partial charge in [0.2, 0.25) is 0 Å². The van der Waals surface area contributed by atoms with E-state index in [1.165, 1.54) is 0 Å². The third kappa shape index (κ3) is 1.39. The molecule has 0 amide bonds. The molecular weight excluding hydrogens is 198 g/mol. The summed E-state index contributed by atoms with van der Waals surface area (Å²) in [7, 11) is 0. The van der Waals surface area contributed by atoms with Crippen LogP contribution in [0.25, 0.3) is 10.8 Å². The van der Waals surface area contributed by atoms with Gasteiger partial charge in [-0.25, -0.2) is 0 Å². The van der Waals surface area contributed by atoms with Crippen LogP contribution in [0.5, 0.6) is 5.75 Å². The molecule has 0 spiro atoms. The highest BCUT2D eigenvalue weighted by molar-refractivity contribution is 6.31. The van der Waals surface area contributed by atoms with Crippen LogP contribution in [-0.4, -0.2) is 5.11 Å². The molecule has 3 heteroatoms. The lowest BCUT2D eigenvalue weighted by Crippen LogP contribution is -1.78. The lowest BCUT2D eigenvalue weighted by atomic mass is 10.1. The Bertz CT molecular complexity index is 543. The van der Waals surface area contributed by atoms with E-state index in [0.717, 1.165) is 10.8 Å². The van der Waals surface area contributed by atoms with Crippen LogP contribution in [0.3, 0.4) is 0 Å². The summed E-state index contributed by atoms with van der Waals surface area (Å²) in [5, 5.41) is 20.5. The van der Waals surface area contributed by atoms with Crippen LogP contribution in [0.2, 0.25) is 5.02 Å². The molecule has 14 heavy (non-hydrogen) atoms. The van der Waals surface area contributed by atoms with Crippen LogP contribution in [0, 0.1) is 11.3 Å². The van der Waals surface area contributed by atoms with E-state index in [4.69, 9.17) is 16.9 Å². The van der Waals surface area contributed by atoms with Gasteiger partial charge in [0, 0.05) is 5.02 Å². The number of phenols is 1. The summed E-state index contributed by atoms with van der Waals surface area (Å²) in [6, 6.07) is 10.4. The predicted molar refractivity (Wildman–Crippen MR) is 55.3 cm³/mol. The van der Waals surface area contributed by atoms with E-state index in [1.807, 2.05) is 6.07 Å². The molecule has 0 atom stereocenters. The molecule has 2 rings (SSSR count). The molecule has 0 aromatic heterocycles. The van der Waals surface area contributed by atoms with Crippen molar-refractivity contribution in [1.29, 1.82) is 5.26 Å². The zero-order chi connectivity index (χ0) is 10.1.